The quantitative estimate of drug-likeness (QED) is 0.348. The molecule has 0 radical (unpaired) electrons. The van der Waals surface area contributed by atoms with Crippen molar-refractivity contribution in [2.75, 3.05) is 11.3 Å². The summed E-state index contributed by atoms with van der Waals surface area (Å²) in [6.45, 7) is 1.18. The Balaban J connectivity index is 1.53. The van der Waals surface area contributed by atoms with E-state index in [1.54, 1.807) is 19.1 Å². The molecular weight excluding hydrogens is 456 g/mol. The lowest BCUT2D eigenvalue weighted by Gasteiger charge is -2.40. The van der Waals surface area contributed by atoms with E-state index in [0.29, 0.717) is 10.6 Å². The van der Waals surface area contributed by atoms with Crippen molar-refractivity contribution in [1.29, 1.82) is 0 Å². The molecule has 4 rings (SSSR count). The molecule has 0 bridgehead atoms. The van der Waals surface area contributed by atoms with Crippen LogP contribution >= 0.6 is 11.3 Å². The summed E-state index contributed by atoms with van der Waals surface area (Å²) in [7, 11) is -3.87. The first-order chi connectivity index (χ1) is 15.2. The van der Waals surface area contributed by atoms with E-state index in [2.05, 4.69) is 9.71 Å². The van der Waals surface area contributed by atoms with Gasteiger partial charge in [-0.25, -0.2) is 13.4 Å². The van der Waals surface area contributed by atoms with Crippen molar-refractivity contribution < 1.29 is 33.6 Å². The number of nitrogens with zero attached hydrogens (tertiary/aromatic N) is 1. The predicted octanol–water partition coefficient (Wildman–Crippen LogP) is 0.790. The van der Waals surface area contributed by atoms with Gasteiger partial charge in [0, 0.05) is 11.3 Å². The van der Waals surface area contributed by atoms with Crippen molar-refractivity contribution in [2.24, 2.45) is 0 Å². The molecular formula is C21H24N2O7S2. The summed E-state index contributed by atoms with van der Waals surface area (Å²) in [5, 5.41) is 41.4. The zero-order valence-electron chi connectivity index (χ0n) is 17.1. The van der Waals surface area contributed by atoms with Crippen molar-refractivity contribution in [2.45, 2.75) is 48.8 Å². The number of hydrogen-bond donors (Lipinski definition) is 5. The van der Waals surface area contributed by atoms with Crippen molar-refractivity contribution in [1.82, 2.24) is 4.98 Å². The highest BCUT2D eigenvalue weighted by atomic mass is 32.2. The third kappa shape index (κ3) is 4.50. The Morgan fingerprint density at radius 2 is 1.72 bits per heavy atom. The molecule has 2 heterocycles. The minimum Gasteiger partial charge on any atom is -0.394 e. The Labute approximate surface area is 189 Å². The second kappa shape index (κ2) is 9.02. The Kier molecular flexibility index (Phi) is 6.50. The number of hydrogen-bond acceptors (Lipinski definition) is 9. The molecule has 1 fully saturated rings. The van der Waals surface area contributed by atoms with Crippen LogP contribution in [0.5, 0.6) is 0 Å². The number of aliphatic hydroxyl groups excluding tert-OH is 4. The fourth-order valence-electron chi connectivity index (χ4n) is 3.70. The van der Waals surface area contributed by atoms with E-state index < -0.39 is 47.2 Å². The molecule has 5 N–H and O–H groups in total. The van der Waals surface area contributed by atoms with Gasteiger partial charge in [-0.1, -0.05) is 30.3 Å². The topological polar surface area (TPSA) is 149 Å². The number of sulfonamides is 1. The third-order valence-electron chi connectivity index (χ3n) is 5.52. The summed E-state index contributed by atoms with van der Waals surface area (Å²) >= 11 is 1.09. The molecule has 32 heavy (non-hydrogen) atoms. The standard InChI is InChI=1S/C21H24N2O7S2/c1-11-17(9-15-18(25)20(27)19(26)16(10-24)30-15)31-21(22-11)23-32(28,29)14-7-6-12-4-2-3-5-13(12)8-14/h2-8,15-16,18-20,24-27H,9-10H2,1H3,(H,22,23)/t15-,16+,18-,19-,20+/m0/s1. The van der Waals surface area contributed by atoms with E-state index in [1.165, 1.54) is 6.07 Å². The molecule has 0 spiro atoms. The second-order valence-corrected chi connectivity index (χ2v) is 10.5. The number of ether oxygens (including phenoxy) is 1. The summed E-state index contributed by atoms with van der Waals surface area (Å²) in [6.07, 6.45) is -6.04. The molecule has 172 valence electrons. The van der Waals surface area contributed by atoms with Crippen LogP contribution in [0.25, 0.3) is 10.8 Å². The zero-order valence-corrected chi connectivity index (χ0v) is 18.8. The first-order valence-electron chi connectivity index (χ1n) is 9.98. The number of nitrogens with one attached hydrogen (secondary N) is 1. The van der Waals surface area contributed by atoms with Gasteiger partial charge in [0.05, 0.1) is 23.3 Å². The van der Waals surface area contributed by atoms with Gasteiger partial charge >= 0.3 is 0 Å². The zero-order chi connectivity index (χ0) is 23.0. The average molecular weight is 481 g/mol. The van der Waals surface area contributed by atoms with Crippen molar-refractivity contribution in [3.05, 3.63) is 53.0 Å². The van der Waals surface area contributed by atoms with Crippen molar-refractivity contribution in [3.63, 3.8) is 0 Å². The Morgan fingerprint density at radius 1 is 1.03 bits per heavy atom. The molecule has 2 aromatic carbocycles. The van der Waals surface area contributed by atoms with Crippen molar-refractivity contribution in [3.8, 4) is 0 Å². The summed E-state index contributed by atoms with van der Waals surface area (Å²) in [4.78, 5) is 5.03. The fraction of sp³-hybridized carbons (Fsp3) is 0.381. The van der Waals surface area contributed by atoms with Gasteiger partial charge in [0.2, 0.25) is 0 Å². The van der Waals surface area contributed by atoms with Crippen LogP contribution in [0.1, 0.15) is 10.6 Å². The van der Waals surface area contributed by atoms with Gasteiger partial charge in [0.15, 0.2) is 5.13 Å². The molecule has 11 heteroatoms. The van der Waals surface area contributed by atoms with Gasteiger partial charge in [-0.2, -0.15) is 0 Å². The van der Waals surface area contributed by atoms with Crippen LogP contribution in [0.3, 0.4) is 0 Å². The SMILES string of the molecule is Cc1nc(NS(=O)(=O)c2ccc3ccccc3c2)sc1C[C@@H]1O[C@H](CO)[C@H](O)[C@H](O)[C@H]1O. The minimum absolute atomic E-state index is 0.111. The van der Waals surface area contributed by atoms with Crippen LogP contribution in [-0.2, 0) is 21.2 Å². The van der Waals surface area contributed by atoms with E-state index in [1.807, 2.05) is 24.3 Å². The molecule has 1 aromatic heterocycles. The second-order valence-electron chi connectivity index (χ2n) is 7.71. The normalized spacial score (nSPS) is 26.3. The molecule has 3 aromatic rings. The summed E-state index contributed by atoms with van der Waals surface area (Å²) in [5.41, 5.74) is 0.545. The van der Waals surface area contributed by atoms with Crippen LogP contribution in [0.15, 0.2) is 47.4 Å². The molecule has 0 amide bonds. The number of aliphatic hydroxyl groups is 4. The van der Waals surface area contributed by atoms with E-state index in [9.17, 15) is 28.8 Å². The molecule has 1 saturated heterocycles. The highest BCUT2D eigenvalue weighted by Gasteiger charge is 2.43. The number of rotatable bonds is 6. The van der Waals surface area contributed by atoms with Gasteiger partial charge in [0.1, 0.15) is 24.4 Å². The lowest BCUT2D eigenvalue weighted by molar-refractivity contribution is -0.228. The number of fused-ring (bicyclic) bond motifs is 1. The van der Waals surface area contributed by atoms with Gasteiger partial charge < -0.3 is 25.2 Å². The maximum absolute atomic E-state index is 12.9. The largest absolute Gasteiger partial charge is 0.394 e. The highest BCUT2D eigenvalue weighted by Crippen LogP contribution is 2.30. The molecule has 9 nitrogen and oxygen atoms in total. The average Bonchev–Trinajstić information content (AvgIpc) is 3.11. The van der Waals surface area contributed by atoms with E-state index in [-0.39, 0.29) is 16.4 Å². The number of thiazole rings is 1. The summed E-state index contributed by atoms with van der Waals surface area (Å²) < 4.78 is 33.8. The van der Waals surface area contributed by atoms with Crippen LogP contribution in [0, 0.1) is 6.92 Å². The number of anilines is 1. The lowest BCUT2D eigenvalue weighted by Crippen LogP contribution is -2.58. The van der Waals surface area contributed by atoms with Gasteiger partial charge in [-0.05, 0) is 29.8 Å². The lowest BCUT2D eigenvalue weighted by atomic mass is 9.93. The third-order valence-corrected chi connectivity index (χ3v) is 8.08. The molecule has 5 atom stereocenters. The number of aryl methyl sites for hydroxylation is 1. The maximum Gasteiger partial charge on any atom is 0.263 e. The van der Waals surface area contributed by atoms with Crippen LogP contribution < -0.4 is 4.72 Å². The van der Waals surface area contributed by atoms with Crippen LogP contribution in [-0.4, -0.2) is 71.0 Å². The molecule has 0 saturated carbocycles. The summed E-state index contributed by atoms with van der Waals surface area (Å²) in [6, 6.07) is 12.3. The van der Waals surface area contributed by atoms with E-state index in [0.717, 1.165) is 22.1 Å². The highest BCUT2D eigenvalue weighted by molar-refractivity contribution is 7.93. The van der Waals surface area contributed by atoms with Crippen molar-refractivity contribution >= 4 is 37.3 Å². The van der Waals surface area contributed by atoms with E-state index >= 15 is 0 Å². The number of benzene rings is 2. The molecule has 1 aliphatic rings. The summed E-state index contributed by atoms with van der Waals surface area (Å²) in [5.74, 6) is 0. The Morgan fingerprint density at radius 3 is 2.44 bits per heavy atom. The minimum atomic E-state index is -3.87. The monoisotopic (exact) mass is 480 g/mol. The first-order valence-corrected chi connectivity index (χ1v) is 12.3. The Bertz CT molecular complexity index is 1210. The van der Waals surface area contributed by atoms with Gasteiger partial charge in [-0.15, -0.1) is 11.3 Å². The smallest absolute Gasteiger partial charge is 0.263 e. The first kappa shape index (κ1) is 23.1. The van der Waals surface area contributed by atoms with Gasteiger partial charge in [0.25, 0.3) is 10.0 Å². The predicted molar refractivity (Wildman–Crippen MR) is 119 cm³/mol. The van der Waals surface area contributed by atoms with E-state index in [4.69, 9.17) is 4.74 Å². The fourth-order valence-corrected chi connectivity index (χ4v) is 5.97. The number of aromatic nitrogens is 1. The van der Waals surface area contributed by atoms with Crippen LogP contribution in [0.2, 0.25) is 0 Å². The molecule has 1 aliphatic heterocycles. The van der Waals surface area contributed by atoms with Crippen LogP contribution in [0.4, 0.5) is 5.13 Å². The molecule has 0 aliphatic carbocycles. The Hall–Kier alpha value is -2.12. The maximum atomic E-state index is 12.9. The molecule has 0 unspecified atom stereocenters. The van der Waals surface area contributed by atoms with Gasteiger partial charge in [-0.3, -0.25) is 4.72 Å².